The van der Waals surface area contributed by atoms with Crippen LogP contribution in [0.4, 0.5) is 0 Å². The standard InChI is InChI=1S/C14H15NO2S/c16-6-1-2-12-9-18-14(15-12)11-3-4-13-10(8-11)5-7-17-13/h3-4,8-9,16H,1-2,5-7H2. The molecule has 3 nitrogen and oxygen atoms in total. The van der Waals surface area contributed by atoms with E-state index in [2.05, 4.69) is 22.5 Å². The lowest BCUT2D eigenvalue weighted by molar-refractivity contribution is 0.288. The van der Waals surface area contributed by atoms with Gasteiger partial charge in [-0.3, -0.25) is 0 Å². The highest BCUT2D eigenvalue weighted by atomic mass is 32.1. The van der Waals surface area contributed by atoms with E-state index in [0.717, 1.165) is 42.3 Å². The molecule has 0 spiro atoms. The van der Waals surface area contributed by atoms with Crippen molar-refractivity contribution in [2.75, 3.05) is 13.2 Å². The Hall–Kier alpha value is -1.39. The Bertz CT molecular complexity index is 550. The van der Waals surface area contributed by atoms with E-state index >= 15 is 0 Å². The second-order valence-electron chi connectivity index (χ2n) is 4.39. The van der Waals surface area contributed by atoms with Crippen molar-refractivity contribution in [2.24, 2.45) is 0 Å². The Morgan fingerprint density at radius 2 is 2.33 bits per heavy atom. The molecule has 18 heavy (non-hydrogen) atoms. The van der Waals surface area contributed by atoms with Crippen LogP contribution in [-0.2, 0) is 12.8 Å². The molecule has 1 aromatic carbocycles. The molecule has 0 amide bonds. The van der Waals surface area contributed by atoms with Gasteiger partial charge in [-0.05, 0) is 36.6 Å². The van der Waals surface area contributed by atoms with Gasteiger partial charge in [0.15, 0.2) is 0 Å². The van der Waals surface area contributed by atoms with E-state index in [1.165, 1.54) is 11.1 Å². The number of nitrogens with zero attached hydrogens (tertiary/aromatic N) is 1. The van der Waals surface area contributed by atoms with E-state index in [4.69, 9.17) is 9.84 Å². The predicted octanol–water partition coefficient (Wildman–Crippen LogP) is 2.67. The van der Waals surface area contributed by atoms with Crippen molar-refractivity contribution >= 4 is 11.3 Å². The van der Waals surface area contributed by atoms with Crippen LogP contribution >= 0.6 is 11.3 Å². The molecule has 0 fully saturated rings. The van der Waals surface area contributed by atoms with E-state index in [1.54, 1.807) is 11.3 Å². The molecule has 0 unspecified atom stereocenters. The van der Waals surface area contributed by atoms with Crippen molar-refractivity contribution in [2.45, 2.75) is 19.3 Å². The summed E-state index contributed by atoms with van der Waals surface area (Å²) in [5.74, 6) is 1.01. The third-order valence-corrected chi connectivity index (χ3v) is 4.02. The molecular weight excluding hydrogens is 246 g/mol. The van der Waals surface area contributed by atoms with Crippen molar-refractivity contribution in [1.29, 1.82) is 0 Å². The van der Waals surface area contributed by atoms with Crippen LogP contribution < -0.4 is 4.74 Å². The summed E-state index contributed by atoms with van der Waals surface area (Å²) < 4.78 is 5.50. The minimum Gasteiger partial charge on any atom is -0.493 e. The summed E-state index contributed by atoms with van der Waals surface area (Å²) >= 11 is 1.66. The highest BCUT2D eigenvalue weighted by Gasteiger charge is 2.13. The minimum atomic E-state index is 0.225. The fourth-order valence-electron chi connectivity index (χ4n) is 2.13. The Morgan fingerprint density at radius 3 is 3.22 bits per heavy atom. The lowest BCUT2D eigenvalue weighted by Gasteiger charge is -2.01. The zero-order valence-corrected chi connectivity index (χ0v) is 10.9. The van der Waals surface area contributed by atoms with Crippen molar-refractivity contribution in [3.05, 3.63) is 34.8 Å². The van der Waals surface area contributed by atoms with Gasteiger partial charge in [-0.2, -0.15) is 0 Å². The molecule has 1 aromatic heterocycles. The molecule has 2 aromatic rings. The maximum atomic E-state index is 8.82. The van der Waals surface area contributed by atoms with E-state index in [0.29, 0.717) is 0 Å². The SMILES string of the molecule is OCCCc1csc(-c2ccc3c(c2)CCO3)n1. The summed E-state index contributed by atoms with van der Waals surface area (Å²) in [5, 5.41) is 12.0. The number of rotatable bonds is 4. The molecule has 1 aliphatic heterocycles. The molecule has 4 heteroatoms. The summed E-state index contributed by atoms with van der Waals surface area (Å²) in [6.45, 7) is 1.02. The number of hydrogen-bond acceptors (Lipinski definition) is 4. The van der Waals surface area contributed by atoms with Crippen LogP contribution in [0.3, 0.4) is 0 Å². The molecule has 2 heterocycles. The Labute approximate surface area is 110 Å². The third-order valence-electron chi connectivity index (χ3n) is 3.08. The summed E-state index contributed by atoms with van der Waals surface area (Å²) in [5.41, 5.74) is 3.51. The first-order valence-electron chi connectivity index (χ1n) is 6.18. The minimum absolute atomic E-state index is 0.225. The number of thiazole rings is 1. The number of aliphatic hydroxyl groups is 1. The van der Waals surface area contributed by atoms with Crippen molar-refractivity contribution < 1.29 is 9.84 Å². The molecule has 94 valence electrons. The number of fused-ring (bicyclic) bond motifs is 1. The zero-order valence-electron chi connectivity index (χ0n) is 10.1. The molecule has 0 aliphatic carbocycles. The highest BCUT2D eigenvalue weighted by Crippen LogP contribution is 2.31. The second kappa shape index (κ2) is 5.08. The van der Waals surface area contributed by atoms with Crippen molar-refractivity contribution in [3.8, 4) is 16.3 Å². The van der Waals surface area contributed by atoms with E-state index < -0.39 is 0 Å². The largest absolute Gasteiger partial charge is 0.493 e. The van der Waals surface area contributed by atoms with Crippen molar-refractivity contribution in [3.63, 3.8) is 0 Å². The molecule has 0 bridgehead atoms. The quantitative estimate of drug-likeness (QED) is 0.920. The molecule has 0 saturated carbocycles. The molecule has 0 radical (unpaired) electrons. The zero-order chi connectivity index (χ0) is 12.4. The first kappa shape index (κ1) is 11.7. The van der Waals surface area contributed by atoms with Gasteiger partial charge in [0.05, 0.1) is 12.3 Å². The average Bonchev–Trinajstić information content (AvgIpc) is 3.04. The number of aromatic nitrogens is 1. The number of aliphatic hydroxyl groups excluding tert-OH is 1. The number of aryl methyl sites for hydroxylation is 1. The smallest absolute Gasteiger partial charge is 0.123 e. The molecule has 0 atom stereocenters. The Kier molecular flexibility index (Phi) is 3.30. The van der Waals surface area contributed by atoms with Crippen LogP contribution in [-0.4, -0.2) is 23.3 Å². The van der Waals surface area contributed by atoms with Crippen LogP contribution in [0.1, 0.15) is 17.7 Å². The summed E-state index contributed by atoms with van der Waals surface area (Å²) in [7, 11) is 0. The van der Waals surface area contributed by atoms with Gasteiger partial charge in [-0.15, -0.1) is 11.3 Å². The first-order chi connectivity index (χ1) is 8.86. The normalized spacial score (nSPS) is 13.4. The van der Waals surface area contributed by atoms with Crippen LogP contribution in [0, 0.1) is 0 Å². The fourth-order valence-corrected chi connectivity index (χ4v) is 2.99. The van der Waals surface area contributed by atoms with Gasteiger partial charge in [0.1, 0.15) is 10.8 Å². The first-order valence-corrected chi connectivity index (χ1v) is 7.06. The third kappa shape index (κ3) is 2.26. The van der Waals surface area contributed by atoms with Gasteiger partial charge < -0.3 is 9.84 Å². The summed E-state index contributed by atoms with van der Waals surface area (Å²) in [6.07, 6.45) is 2.62. The van der Waals surface area contributed by atoms with Crippen LogP contribution in [0.25, 0.3) is 10.6 Å². The molecule has 3 rings (SSSR count). The fraction of sp³-hybridized carbons (Fsp3) is 0.357. The van der Waals surface area contributed by atoms with Gasteiger partial charge in [-0.1, -0.05) is 0 Å². The number of hydrogen-bond donors (Lipinski definition) is 1. The van der Waals surface area contributed by atoms with E-state index in [-0.39, 0.29) is 6.61 Å². The number of benzene rings is 1. The monoisotopic (exact) mass is 261 g/mol. The Balaban J connectivity index is 1.83. The van der Waals surface area contributed by atoms with Gasteiger partial charge in [0, 0.05) is 24.0 Å². The molecule has 1 N–H and O–H groups in total. The maximum Gasteiger partial charge on any atom is 0.123 e. The molecule has 1 aliphatic rings. The van der Waals surface area contributed by atoms with Gasteiger partial charge in [-0.25, -0.2) is 4.98 Å². The lowest BCUT2D eigenvalue weighted by atomic mass is 10.1. The van der Waals surface area contributed by atoms with Gasteiger partial charge in [0.25, 0.3) is 0 Å². The van der Waals surface area contributed by atoms with E-state index in [1.807, 2.05) is 6.07 Å². The molecule has 0 saturated heterocycles. The maximum absolute atomic E-state index is 8.82. The van der Waals surface area contributed by atoms with E-state index in [9.17, 15) is 0 Å². The average molecular weight is 261 g/mol. The molecular formula is C14H15NO2S. The summed E-state index contributed by atoms with van der Waals surface area (Å²) in [6, 6.07) is 6.28. The highest BCUT2D eigenvalue weighted by molar-refractivity contribution is 7.13. The summed E-state index contributed by atoms with van der Waals surface area (Å²) in [4.78, 5) is 4.61. The van der Waals surface area contributed by atoms with Crippen LogP contribution in [0.5, 0.6) is 5.75 Å². The predicted molar refractivity (Wildman–Crippen MR) is 72.2 cm³/mol. The van der Waals surface area contributed by atoms with Gasteiger partial charge >= 0.3 is 0 Å². The van der Waals surface area contributed by atoms with Gasteiger partial charge in [0.2, 0.25) is 0 Å². The second-order valence-corrected chi connectivity index (χ2v) is 5.25. The van der Waals surface area contributed by atoms with Crippen molar-refractivity contribution in [1.82, 2.24) is 4.98 Å². The van der Waals surface area contributed by atoms with Crippen LogP contribution in [0.2, 0.25) is 0 Å². The van der Waals surface area contributed by atoms with Crippen LogP contribution in [0.15, 0.2) is 23.6 Å². The topological polar surface area (TPSA) is 42.4 Å². The lowest BCUT2D eigenvalue weighted by Crippen LogP contribution is -1.89. The number of ether oxygens (including phenoxy) is 1. The Morgan fingerprint density at radius 1 is 1.39 bits per heavy atom.